The topological polar surface area (TPSA) is 78.5 Å². The van der Waals surface area contributed by atoms with Crippen LogP contribution in [0.5, 0.6) is 0 Å². The van der Waals surface area contributed by atoms with Crippen molar-refractivity contribution in [3.8, 4) is 0 Å². The molecule has 8 heteroatoms. The fourth-order valence-corrected chi connectivity index (χ4v) is 3.51. The summed E-state index contributed by atoms with van der Waals surface area (Å²) in [4.78, 5) is 40.5. The largest absolute Gasteiger partial charge is 0.357 e. The minimum atomic E-state index is -1.60. The molecule has 0 aromatic heterocycles. The third-order valence-electron chi connectivity index (χ3n) is 5.12. The van der Waals surface area contributed by atoms with Crippen molar-refractivity contribution in [2.45, 2.75) is 19.4 Å². The maximum atomic E-state index is 13.2. The lowest BCUT2D eigenvalue weighted by atomic mass is 9.92. The van der Waals surface area contributed by atoms with E-state index in [2.05, 4.69) is 10.6 Å². The number of amides is 2. The molecule has 6 nitrogen and oxygen atoms in total. The first-order valence-corrected chi connectivity index (χ1v) is 9.55. The Morgan fingerprint density at radius 1 is 0.931 bits per heavy atom. The monoisotopic (exact) mass is 431 g/mol. The molecule has 0 aliphatic carbocycles. The second kappa shape index (κ2) is 7.89. The van der Waals surface area contributed by atoms with Crippen LogP contribution in [0.4, 0.5) is 11.4 Å². The van der Waals surface area contributed by atoms with Crippen molar-refractivity contribution in [1.29, 1.82) is 0 Å². The zero-order valence-electron chi connectivity index (χ0n) is 16.0. The van der Waals surface area contributed by atoms with E-state index in [1.54, 1.807) is 62.5 Å². The van der Waals surface area contributed by atoms with E-state index in [0.29, 0.717) is 27.1 Å². The number of rotatable bonds is 4. The van der Waals surface area contributed by atoms with Crippen molar-refractivity contribution in [3.63, 3.8) is 0 Å². The van der Waals surface area contributed by atoms with Gasteiger partial charge in [-0.1, -0.05) is 47.5 Å². The Bertz CT molecular complexity index is 1050. The highest BCUT2D eigenvalue weighted by Crippen LogP contribution is 2.35. The zero-order valence-corrected chi connectivity index (χ0v) is 17.6. The van der Waals surface area contributed by atoms with Crippen molar-refractivity contribution in [2.75, 3.05) is 17.7 Å². The van der Waals surface area contributed by atoms with Gasteiger partial charge in [-0.25, -0.2) is 0 Å². The number of anilines is 2. The predicted octanol–water partition coefficient (Wildman–Crippen LogP) is 4.12. The van der Waals surface area contributed by atoms with Gasteiger partial charge >= 0.3 is 0 Å². The molecule has 29 heavy (non-hydrogen) atoms. The minimum absolute atomic E-state index is 0.0933. The Labute approximate surface area is 178 Å². The summed E-state index contributed by atoms with van der Waals surface area (Å²) >= 11 is 12.2. The number of benzene rings is 2. The molecule has 1 atom stereocenters. The van der Waals surface area contributed by atoms with Crippen LogP contribution in [0.15, 0.2) is 59.8 Å². The number of nitrogens with one attached hydrogen (secondary N) is 2. The molecule has 3 rings (SSSR count). The average Bonchev–Trinajstić information content (AvgIpc) is 2.86. The molecule has 2 aromatic rings. The molecule has 0 saturated heterocycles. The molecule has 0 spiro atoms. The summed E-state index contributed by atoms with van der Waals surface area (Å²) in [6.07, 6.45) is 0. The number of nitrogens with zero attached hydrogens (tertiary/aromatic N) is 1. The van der Waals surface area contributed by atoms with E-state index in [1.165, 1.54) is 11.8 Å². The molecule has 0 bridgehead atoms. The first-order chi connectivity index (χ1) is 13.7. The van der Waals surface area contributed by atoms with Crippen molar-refractivity contribution >= 4 is 52.2 Å². The summed E-state index contributed by atoms with van der Waals surface area (Å²) in [5, 5.41) is 6.01. The third-order valence-corrected chi connectivity index (χ3v) is 5.78. The number of likely N-dealkylation sites (N-methyl/N-ethyl adjacent to an activating group) is 1. The van der Waals surface area contributed by atoms with Gasteiger partial charge in [0, 0.05) is 12.7 Å². The highest BCUT2D eigenvalue weighted by atomic mass is 35.5. The second-order valence-electron chi connectivity index (χ2n) is 6.79. The van der Waals surface area contributed by atoms with Crippen LogP contribution in [-0.4, -0.2) is 35.1 Å². The van der Waals surface area contributed by atoms with E-state index in [0.717, 1.165) is 0 Å². The molecule has 0 fully saturated rings. The van der Waals surface area contributed by atoms with E-state index in [-0.39, 0.29) is 5.57 Å². The third kappa shape index (κ3) is 3.61. The quantitative estimate of drug-likeness (QED) is 0.563. The van der Waals surface area contributed by atoms with E-state index in [1.807, 2.05) is 0 Å². The molecule has 150 valence electrons. The number of carbonyl (C=O) groups is 3. The van der Waals surface area contributed by atoms with Crippen LogP contribution < -0.4 is 10.6 Å². The van der Waals surface area contributed by atoms with Crippen LogP contribution in [0.25, 0.3) is 0 Å². The van der Waals surface area contributed by atoms with E-state index in [9.17, 15) is 14.4 Å². The van der Waals surface area contributed by atoms with Crippen LogP contribution in [0, 0.1) is 0 Å². The van der Waals surface area contributed by atoms with Gasteiger partial charge in [0.25, 0.3) is 11.8 Å². The van der Waals surface area contributed by atoms with E-state index < -0.39 is 23.1 Å². The molecule has 2 aromatic carbocycles. The van der Waals surface area contributed by atoms with Crippen molar-refractivity contribution < 1.29 is 14.4 Å². The average molecular weight is 432 g/mol. The molecular formula is C21H19Cl2N3O3. The van der Waals surface area contributed by atoms with Gasteiger partial charge in [-0.2, -0.15) is 0 Å². The molecule has 2 amide bonds. The first kappa shape index (κ1) is 20.9. The van der Waals surface area contributed by atoms with Crippen LogP contribution in [0.2, 0.25) is 10.0 Å². The first-order valence-electron chi connectivity index (χ1n) is 8.79. The molecule has 1 aliphatic rings. The van der Waals surface area contributed by atoms with Gasteiger partial charge in [0.1, 0.15) is 5.57 Å². The SMILES string of the molecule is CC1=C(C(=O)Nc2ccccc2Cl)C(=O)C(C)(C(=O)Nc2ccccc2Cl)N1C. The van der Waals surface area contributed by atoms with Gasteiger partial charge in [-0.05, 0) is 38.1 Å². The van der Waals surface area contributed by atoms with Gasteiger partial charge in [0.2, 0.25) is 5.78 Å². The smallest absolute Gasteiger partial charge is 0.261 e. The van der Waals surface area contributed by atoms with Crippen molar-refractivity contribution in [1.82, 2.24) is 4.90 Å². The lowest BCUT2D eigenvalue weighted by molar-refractivity contribution is -0.134. The summed E-state index contributed by atoms with van der Waals surface area (Å²) in [5.41, 5.74) is -0.547. The van der Waals surface area contributed by atoms with Gasteiger partial charge < -0.3 is 15.5 Å². The van der Waals surface area contributed by atoms with E-state index >= 15 is 0 Å². The maximum absolute atomic E-state index is 13.2. The summed E-state index contributed by atoms with van der Waals surface area (Å²) in [6, 6.07) is 13.4. The fraction of sp³-hybridized carbons (Fsp3) is 0.190. The fourth-order valence-electron chi connectivity index (χ4n) is 3.14. The molecule has 0 saturated carbocycles. The van der Waals surface area contributed by atoms with Gasteiger partial charge in [0.05, 0.1) is 21.4 Å². The Morgan fingerprint density at radius 3 is 1.93 bits per heavy atom. The Hall–Kier alpha value is -2.83. The second-order valence-corrected chi connectivity index (χ2v) is 7.60. The molecule has 1 heterocycles. The zero-order chi connectivity index (χ0) is 21.3. The number of hydrogen-bond acceptors (Lipinski definition) is 4. The van der Waals surface area contributed by atoms with Gasteiger partial charge in [0.15, 0.2) is 5.54 Å². The maximum Gasteiger partial charge on any atom is 0.261 e. The number of Topliss-reactive ketones (excluding diaryl/α,β-unsaturated/α-hetero) is 1. The number of hydrogen-bond donors (Lipinski definition) is 2. The van der Waals surface area contributed by atoms with Gasteiger partial charge in [-0.3, -0.25) is 14.4 Å². The van der Waals surface area contributed by atoms with Gasteiger partial charge in [-0.15, -0.1) is 0 Å². The number of carbonyl (C=O) groups excluding carboxylic acids is 3. The molecule has 2 N–H and O–H groups in total. The van der Waals surface area contributed by atoms with Crippen molar-refractivity contribution in [3.05, 3.63) is 69.8 Å². The van der Waals surface area contributed by atoms with Crippen LogP contribution in [0.3, 0.4) is 0 Å². The Kier molecular flexibility index (Phi) is 5.68. The van der Waals surface area contributed by atoms with Crippen LogP contribution >= 0.6 is 23.2 Å². The number of para-hydroxylation sites is 2. The highest BCUT2D eigenvalue weighted by Gasteiger charge is 2.53. The minimum Gasteiger partial charge on any atom is -0.357 e. The highest BCUT2D eigenvalue weighted by molar-refractivity contribution is 6.37. The standard InChI is InChI=1S/C21H19Cl2N3O3/c1-12-17(19(28)24-15-10-6-4-8-13(15)22)18(27)21(2,26(12)3)20(29)25-16-11-7-5-9-14(16)23/h4-11H,1-3H3,(H,24,28)(H,25,29). The molecule has 0 radical (unpaired) electrons. The number of allylic oxidation sites excluding steroid dienone is 1. The Morgan fingerprint density at radius 2 is 1.41 bits per heavy atom. The summed E-state index contributed by atoms with van der Waals surface area (Å²) in [6.45, 7) is 3.09. The van der Waals surface area contributed by atoms with Crippen LogP contribution in [-0.2, 0) is 14.4 Å². The lowest BCUT2D eigenvalue weighted by Crippen LogP contribution is -2.54. The normalized spacial score (nSPS) is 18.8. The molecule has 1 aliphatic heterocycles. The lowest BCUT2D eigenvalue weighted by Gasteiger charge is -2.32. The molecule has 1 unspecified atom stereocenters. The molecular weight excluding hydrogens is 413 g/mol. The van der Waals surface area contributed by atoms with E-state index in [4.69, 9.17) is 23.2 Å². The summed E-state index contributed by atoms with van der Waals surface area (Å²) < 4.78 is 0. The predicted molar refractivity (Wildman–Crippen MR) is 114 cm³/mol. The van der Waals surface area contributed by atoms with Crippen molar-refractivity contribution in [2.24, 2.45) is 0 Å². The summed E-state index contributed by atoms with van der Waals surface area (Å²) in [5.74, 6) is -1.81. The number of halogens is 2. The summed E-state index contributed by atoms with van der Waals surface area (Å²) in [7, 11) is 1.59. The number of ketones is 1. The van der Waals surface area contributed by atoms with Crippen LogP contribution in [0.1, 0.15) is 13.8 Å². The Balaban J connectivity index is 1.88.